The molecule has 8 aromatic rings. The number of phenolic OH excluding ortho intramolecular Hbond substituents is 1. The summed E-state index contributed by atoms with van der Waals surface area (Å²) in [5.74, 6) is 1.32. The van der Waals surface area contributed by atoms with Crippen molar-refractivity contribution in [1.29, 1.82) is 0 Å². The van der Waals surface area contributed by atoms with E-state index in [1.807, 2.05) is 30.5 Å². The van der Waals surface area contributed by atoms with E-state index in [-0.39, 0.29) is 22.5 Å². The Hall–Kier alpha value is -6.78. The van der Waals surface area contributed by atoms with Gasteiger partial charge in [-0.25, -0.2) is 9.97 Å². The highest BCUT2D eigenvalue weighted by Gasteiger charge is 2.27. The molecule has 2 aromatic heterocycles. The van der Waals surface area contributed by atoms with Gasteiger partial charge in [0.2, 0.25) is 0 Å². The van der Waals surface area contributed by atoms with Gasteiger partial charge in [0.05, 0.1) is 11.4 Å². The normalized spacial score (nSPS) is 12.2. The number of nitrogens with zero attached hydrogens (tertiary/aromatic N) is 3. The Balaban J connectivity index is 1.35. The van der Waals surface area contributed by atoms with E-state index in [1.54, 1.807) is 0 Å². The van der Waals surface area contributed by atoms with Crippen molar-refractivity contribution >= 4 is 17.2 Å². The van der Waals surface area contributed by atoms with E-state index in [1.165, 1.54) is 11.1 Å². The summed E-state index contributed by atoms with van der Waals surface area (Å²) in [4.78, 5) is 12.6. The van der Waals surface area contributed by atoms with Gasteiger partial charge in [0.1, 0.15) is 11.6 Å². The molecule has 0 radical (unpaired) electrons. The molecule has 4 nitrogen and oxygen atoms in total. The standard InChI is InChI=1S/C56H53N3O/c1-38(39-19-11-8-12-20-39)40-26-28-47(29-27-40)59(53-25-17-18-30-57-53)48-32-43(41-21-13-9-14-22-41)31-45(33-48)51-34-44(42-23-15-10-16-24-42)35-52(58-51)49-36-46(55(2,3)4)37-50(54(49)60)56(5,6)7/h8-38,60H,1-7H3. The largest absolute Gasteiger partial charge is 0.507 e. The Morgan fingerprint density at radius 1 is 0.483 bits per heavy atom. The van der Waals surface area contributed by atoms with Crippen LogP contribution in [0.15, 0.2) is 182 Å². The van der Waals surface area contributed by atoms with Crippen molar-refractivity contribution in [2.45, 2.75) is 65.2 Å². The molecule has 0 spiro atoms. The van der Waals surface area contributed by atoms with E-state index in [0.29, 0.717) is 0 Å². The molecule has 0 saturated heterocycles. The maximum atomic E-state index is 12.1. The van der Waals surface area contributed by atoms with Gasteiger partial charge in [0, 0.05) is 40.2 Å². The SMILES string of the molecule is CC(c1ccccc1)c1ccc(N(c2cc(-c3ccccc3)cc(-c3cc(-c4ccccc4)cc(-c4cc(C(C)(C)C)cc(C(C)(C)C)c4O)n3)c2)c2ccccn2)cc1. The van der Waals surface area contributed by atoms with Gasteiger partial charge in [-0.1, -0.05) is 164 Å². The zero-order chi connectivity index (χ0) is 42.0. The Labute approximate surface area is 355 Å². The molecule has 1 atom stereocenters. The van der Waals surface area contributed by atoms with Gasteiger partial charge in [-0.3, -0.25) is 4.90 Å². The minimum absolute atomic E-state index is 0.145. The molecule has 6 aromatic carbocycles. The molecular weight excluding hydrogens is 731 g/mol. The summed E-state index contributed by atoms with van der Waals surface area (Å²) in [6.45, 7) is 15.4. The van der Waals surface area contributed by atoms with Gasteiger partial charge in [0.25, 0.3) is 0 Å². The first-order valence-electron chi connectivity index (χ1n) is 20.9. The molecule has 60 heavy (non-hydrogen) atoms. The monoisotopic (exact) mass is 783 g/mol. The maximum absolute atomic E-state index is 12.1. The van der Waals surface area contributed by atoms with E-state index in [0.717, 1.165) is 73.1 Å². The summed E-state index contributed by atoms with van der Waals surface area (Å²) in [6, 6.07) is 61.7. The van der Waals surface area contributed by atoms with E-state index in [9.17, 15) is 5.11 Å². The van der Waals surface area contributed by atoms with Crippen LogP contribution in [0.1, 0.15) is 76.6 Å². The lowest BCUT2D eigenvalue weighted by atomic mass is 9.78. The first-order valence-corrected chi connectivity index (χ1v) is 20.9. The van der Waals surface area contributed by atoms with Crippen molar-refractivity contribution in [1.82, 2.24) is 9.97 Å². The van der Waals surface area contributed by atoms with Crippen molar-refractivity contribution in [2.24, 2.45) is 0 Å². The number of aromatic hydroxyl groups is 1. The van der Waals surface area contributed by atoms with Crippen LogP contribution in [0.2, 0.25) is 0 Å². The molecule has 0 saturated carbocycles. The molecule has 0 fully saturated rings. The molecule has 1 N–H and O–H groups in total. The fraction of sp³-hybridized carbons (Fsp3) is 0.179. The lowest BCUT2D eigenvalue weighted by Crippen LogP contribution is -2.17. The molecule has 0 bridgehead atoms. The van der Waals surface area contributed by atoms with Gasteiger partial charge < -0.3 is 5.11 Å². The molecule has 1 unspecified atom stereocenters. The van der Waals surface area contributed by atoms with Gasteiger partial charge in [-0.05, 0) is 110 Å². The average Bonchev–Trinajstić information content (AvgIpc) is 3.27. The van der Waals surface area contributed by atoms with Crippen molar-refractivity contribution in [3.63, 3.8) is 0 Å². The van der Waals surface area contributed by atoms with Crippen LogP contribution in [0.3, 0.4) is 0 Å². The molecule has 0 aliphatic heterocycles. The highest BCUT2D eigenvalue weighted by Crippen LogP contribution is 2.44. The predicted octanol–water partition coefficient (Wildman–Crippen LogP) is 15.1. The summed E-state index contributed by atoms with van der Waals surface area (Å²) in [5.41, 5.74) is 13.5. The summed E-state index contributed by atoms with van der Waals surface area (Å²) in [6.07, 6.45) is 1.84. The smallest absolute Gasteiger partial charge is 0.137 e. The Bertz CT molecular complexity index is 2710. The fourth-order valence-electron chi connectivity index (χ4n) is 7.88. The van der Waals surface area contributed by atoms with Crippen molar-refractivity contribution in [2.75, 3.05) is 4.90 Å². The quantitative estimate of drug-likeness (QED) is 0.158. The Morgan fingerprint density at radius 2 is 1.03 bits per heavy atom. The first-order chi connectivity index (χ1) is 28.8. The van der Waals surface area contributed by atoms with Crippen LogP contribution in [0.25, 0.3) is 44.8 Å². The summed E-state index contributed by atoms with van der Waals surface area (Å²) in [5, 5.41) is 12.1. The maximum Gasteiger partial charge on any atom is 0.137 e. The highest BCUT2D eigenvalue weighted by atomic mass is 16.3. The van der Waals surface area contributed by atoms with E-state index in [4.69, 9.17) is 9.97 Å². The number of pyridine rings is 2. The Morgan fingerprint density at radius 3 is 1.62 bits per heavy atom. The molecule has 0 amide bonds. The fourth-order valence-corrected chi connectivity index (χ4v) is 7.88. The second kappa shape index (κ2) is 16.5. The van der Waals surface area contributed by atoms with Crippen molar-refractivity contribution in [3.8, 4) is 50.5 Å². The first kappa shape index (κ1) is 40.0. The van der Waals surface area contributed by atoms with Crippen LogP contribution in [0, 0.1) is 0 Å². The molecular formula is C56H53N3O. The van der Waals surface area contributed by atoms with Gasteiger partial charge in [-0.15, -0.1) is 0 Å². The second-order valence-corrected chi connectivity index (χ2v) is 17.8. The third-order valence-electron chi connectivity index (χ3n) is 11.4. The van der Waals surface area contributed by atoms with Gasteiger partial charge >= 0.3 is 0 Å². The summed E-state index contributed by atoms with van der Waals surface area (Å²) < 4.78 is 0. The number of aromatic nitrogens is 2. The minimum atomic E-state index is -0.286. The topological polar surface area (TPSA) is 49.2 Å². The van der Waals surface area contributed by atoms with Crippen LogP contribution in [0.5, 0.6) is 5.75 Å². The van der Waals surface area contributed by atoms with Crippen LogP contribution >= 0.6 is 0 Å². The Kier molecular flexibility index (Phi) is 11.0. The lowest BCUT2D eigenvalue weighted by molar-refractivity contribution is 0.446. The molecule has 0 aliphatic carbocycles. The third kappa shape index (κ3) is 8.51. The van der Waals surface area contributed by atoms with Crippen molar-refractivity contribution < 1.29 is 5.11 Å². The van der Waals surface area contributed by atoms with Crippen LogP contribution in [-0.2, 0) is 10.8 Å². The van der Waals surface area contributed by atoms with Gasteiger partial charge in [-0.2, -0.15) is 0 Å². The van der Waals surface area contributed by atoms with E-state index in [2.05, 4.69) is 205 Å². The number of hydrogen-bond donors (Lipinski definition) is 1. The summed E-state index contributed by atoms with van der Waals surface area (Å²) >= 11 is 0. The zero-order valence-corrected chi connectivity index (χ0v) is 35.7. The van der Waals surface area contributed by atoms with Crippen LogP contribution in [0.4, 0.5) is 17.2 Å². The molecule has 2 heterocycles. The minimum Gasteiger partial charge on any atom is -0.507 e. The number of hydrogen-bond acceptors (Lipinski definition) is 4. The average molecular weight is 784 g/mol. The molecule has 0 aliphatic rings. The number of phenols is 1. The molecule has 298 valence electrons. The summed E-state index contributed by atoms with van der Waals surface area (Å²) in [7, 11) is 0. The number of rotatable bonds is 9. The second-order valence-electron chi connectivity index (χ2n) is 17.8. The zero-order valence-electron chi connectivity index (χ0n) is 35.7. The molecule has 8 rings (SSSR count). The van der Waals surface area contributed by atoms with Gasteiger partial charge in [0.15, 0.2) is 0 Å². The number of benzene rings is 6. The lowest BCUT2D eigenvalue weighted by Gasteiger charge is -2.28. The van der Waals surface area contributed by atoms with Crippen LogP contribution in [-0.4, -0.2) is 15.1 Å². The predicted molar refractivity (Wildman–Crippen MR) is 251 cm³/mol. The number of anilines is 3. The van der Waals surface area contributed by atoms with E-state index >= 15 is 0 Å². The highest BCUT2D eigenvalue weighted by molar-refractivity contribution is 5.86. The van der Waals surface area contributed by atoms with Crippen LogP contribution < -0.4 is 4.90 Å². The molecule has 4 heteroatoms. The van der Waals surface area contributed by atoms with E-state index < -0.39 is 0 Å². The third-order valence-corrected chi connectivity index (χ3v) is 11.4. The van der Waals surface area contributed by atoms with Crippen molar-refractivity contribution in [3.05, 3.63) is 204 Å².